The van der Waals surface area contributed by atoms with Crippen molar-refractivity contribution < 1.29 is 23.9 Å². The van der Waals surface area contributed by atoms with Gasteiger partial charge in [-0.05, 0) is 61.4 Å². The van der Waals surface area contributed by atoms with E-state index in [9.17, 15) is 19.2 Å². The molecule has 0 fully saturated rings. The normalized spacial score (nSPS) is 10.0. The van der Waals surface area contributed by atoms with Gasteiger partial charge < -0.3 is 10.5 Å². The van der Waals surface area contributed by atoms with Crippen molar-refractivity contribution in [2.75, 3.05) is 6.61 Å². The van der Waals surface area contributed by atoms with Crippen molar-refractivity contribution in [3.05, 3.63) is 59.7 Å². The summed E-state index contributed by atoms with van der Waals surface area (Å²) in [5.41, 5.74) is 6.40. The fourth-order valence-corrected chi connectivity index (χ4v) is 2.47. The molecule has 2 rings (SSSR count). The van der Waals surface area contributed by atoms with Gasteiger partial charge in [0.2, 0.25) is 12.0 Å². The highest BCUT2D eigenvalue weighted by molar-refractivity contribution is 6.09. The average molecular weight is 380 g/mol. The Labute approximate surface area is 162 Å². The molecule has 0 unspecified atom stereocenters. The minimum atomic E-state index is -0.372. The summed E-state index contributed by atoms with van der Waals surface area (Å²) in [5.74, 6) is -0.136. The summed E-state index contributed by atoms with van der Waals surface area (Å²) >= 11 is 0. The van der Waals surface area contributed by atoms with Crippen molar-refractivity contribution in [1.29, 1.82) is 0 Å². The Bertz CT molecular complexity index is 882. The SMILES string of the molecule is NC(=O)CCCCC(=O)COc1ccc(C(=O)c2ccc(N=C=O)cc2)cc1. The van der Waals surface area contributed by atoms with Crippen LogP contribution in [-0.2, 0) is 14.4 Å². The first kappa shape index (κ1) is 20.7. The fraction of sp³-hybridized carbons (Fsp3) is 0.238. The number of amides is 1. The molecule has 2 N–H and O–H groups in total. The van der Waals surface area contributed by atoms with Gasteiger partial charge in [-0.1, -0.05) is 0 Å². The summed E-state index contributed by atoms with van der Waals surface area (Å²) in [6, 6.07) is 12.8. The summed E-state index contributed by atoms with van der Waals surface area (Å²) < 4.78 is 5.43. The summed E-state index contributed by atoms with van der Waals surface area (Å²) in [4.78, 5) is 48.6. The van der Waals surface area contributed by atoms with E-state index in [0.29, 0.717) is 41.8 Å². The molecule has 2 aromatic carbocycles. The van der Waals surface area contributed by atoms with Crippen LogP contribution in [-0.4, -0.2) is 30.2 Å². The molecule has 0 bridgehead atoms. The van der Waals surface area contributed by atoms with E-state index in [2.05, 4.69) is 4.99 Å². The Morgan fingerprint density at radius 1 is 0.893 bits per heavy atom. The number of hydrogen-bond donors (Lipinski definition) is 1. The third-order valence-corrected chi connectivity index (χ3v) is 3.95. The highest BCUT2D eigenvalue weighted by Crippen LogP contribution is 2.18. The van der Waals surface area contributed by atoms with Gasteiger partial charge >= 0.3 is 0 Å². The molecular formula is C21H20N2O5. The van der Waals surface area contributed by atoms with Crippen LogP contribution in [0, 0.1) is 0 Å². The van der Waals surface area contributed by atoms with Gasteiger partial charge in [-0.2, -0.15) is 4.99 Å². The molecule has 0 aliphatic rings. The van der Waals surface area contributed by atoms with Crippen molar-refractivity contribution in [1.82, 2.24) is 0 Å². The first-order valence-electron chi connectivity index (χ1n) is 8.75. The Kier molecular flexibility index (Phi) is 7.81. The fourth-order valence-electron chi connectivity index (χ4n) is 2.47. The van der Waals surface area contributed by atoms with E-state index < -0.39 is 0 Å². The molecule has 0 aliphatic carbocycles. The maximum Gasteiger partial charge on any atom is 0.240 e. The maximum absolute atomic E-state index is 12.5. The molecule has 144 valence electrons. The number of carbonyl (C=O) groups excluding carboxylic acids is 4. The van der Waals surface area contributed by atoms with Gasteiger partial charge in [-0.25, -0.2) is 4.79 Å². The number of hydrogen-bond acceptors (Lipinski definition) is 6. The standard InChI is InChI=1S/C21H20N2O5/c22-20(26)4-2-1-3-18(25)13-28-19-11-7-16(8-12-19)21(27)15-5-9-17(10-6-15)23-14-24/h5-12H,1-4,13H2,(H2,22,26). The third-order valence-electron chi connectivity index (χ3n) is 3.95. The highest BCUT2D eigenvalue weighted by Gasteiger charge is 2.10. The van der Waals surface area contributed by atoms with E-state index in [1.807, 2.05) is 0 Å². The zero-order chi connectivity index (χ0) is 20.4. The lowest BCUT2D eigenvalue weighted by Gasteiger charge is -2.07. The molecular weight excluding hydrogens is 360 g/mol. The number of isocyanates is 1. The maximum atomic E-state index is 12.5. The van der Waals surface area contributed by atoms with Crippen LogP contribution in [0.25, 0.3) is 0 Å². The predicted molar refractivity (Wildman–Crippen MR) is 102 cm³/mol. The molecule has 0 saturated heterocycles. The molecule has 0 atom stereocenters. The summed E-state index contributed by atoms with van der Waals surface area (Å²) in [5, 5.41) is 0. The molecule has 0 aromatic heterocycles. The molecule has 7 heteroatoms. The Morgan fingerprint density at radius 3 is 2.04 bits per heavy atom. The number of unbranched alkanes of at least 4 members (excludes halogenated alkanes) is 1. The van der Waals surface area contributed by atoms with Crippen LogP contribution in [0.1, 0.15) is 41.6 Å². The number of nitrogens with zero attached hydrogens (tertiary/aromatic N) is 1. The van der Waals surface area contributed by atoms with E-state index >= 15 is 0 Å². The topological polar surface area (TPSA) is 116 Å². The molecule has 0 saturated carbocycles. The lowest BCUT2D eigenvalue weighted by Crippen LogP contribution is -2.12. The Hall–Kier alpha value is -3.57. The van der Waals surface area contributed by atoms with E-state index in [1.54, 1.807) is 48.5 Å². The van der Waals surface area contributed by atoms with Gasteiger partial charge in [0.05, 0.1) is 5.69 Å². The quantitative estimate of drug-likeness (QED) is 0.278. The van der Waals surface area contributed by atoms with Crippen molar-refractivity contribution in [3.63, 3.8) is 0 Å². The second kappa shape index (κ2) is 10.5. The van der Waals surface area contributed by atoms with Crippen LogP contribution in [0.4, 0.5) is 5.69 Å². The number of nitrogens with two attached hydrogens (primary N) is 1. The molecule has 2 aromatic rings. The molecule has 7 nitrogen and oxygen atoms in total. The number of carbonyl (C=O) groups is 3. The van der Waals surface area contributed by atoms with Crippen molar-refractivity contribution >= 4 is 29.2 Å². The van der Waals surface area contributed by atoms with Crippen LogP contribution in [0.3, 0.4) is 0 Å². The molecule has 1 amide bonds. The van der Waals surface area contributed by atoms with E-state index in [1.165, 1.54) is 6.08 Å². The van der Waals surface area contributed by atoms with Crippen LogP contribution >= 0.6 is 0 Å². The van der Waals surface area contributed by atoms with Crippen molar-refractivity contribution in [3.8, 4) is 5.75 Å². The number of ketones is 2. The monoisotopic (exact) mass is 380 g/mol. The third kappa shape index (κ3) is 6.63. The smallest absolute Gasteiger partial charge is 0.240 e. The Balaban J connectivity index is 1.85. The molecule has 0 radical (unpaired) electrons. The minimum absolute atomic E-state index is 0.0669. The summed E-state index contributed by atoms with van der Waals surface area (Å²) in [6.07, 6.45) is 3.22. The van der Waals surface area contributed by atoms with E-state index in [-0.39, 0.29) is 30.5 Å². The van der Waals surface area contributed by atoms with Gasteiger partial charge in [0.25, 0.3) is 0 Å². The number of rotatable bonds is 11. The number of Topliss-reactive ketones (excluding diaryl/α,β-unsaturated/α-hetero) is 1. The molecule has 0 spiro atoms. The lowest BCUT2D eigenvalue weighted by molar-refractivity contribution is -0.121. The second-order valence-electron chi connectivity index (χ2n) is 6.10. The van der Waals surface area contributed by atoms with Crippen LogP contribution in [0.2, 0.25) is 0 Å². The first-order valence-corrected chi connectivity index (χ1v) is 8.75. The lowest BCUT2D eigenvalue weighted by atomic mass is 10.0. The first-order chi connectivity index (χ1) is 13.5. The van der Waals surface area contributed by atoms with E-state index in [0.717, 1.165) is 0 Å². The number of primary amides is 1. The second-order valence-corrected chi connectivity index (χ2v) is 6.10. The Morgan fingerprint density at radius 2 is 1.46 bits per heavy atom. The number of ether oxygens (including phenoxy) is 1. The van der Waals surface area contributed by atoms with Crippen LogP contribution in [0.15, 0.2) is 53.5 Å². The average Bonchev–Trinajstić information content (AvgIpc) is 2.70. The van der Waals surface area contributed by atoms with Crippen molar-refractivity contribution in [2.45, 2.75) is 25.7 Å². The predicted octanol–water partition coefficient (Wildman–Crippen LogP) is 2.88. The van der Waals surface area contributed by atoms with Crippen molar-refractivity contribution in [2.24, 2.45) is 10.7 Å². The minimum Gasteiger partial charge on any atom is -0.486 e. The highest BCUT2D eigenvalue weighted by atomic mass is 16.5. The van der Waals surface area contributed by atoms with Crippen LogP contribution in [0.5, 0.6) is 5.75 Å². The molecule has 0 heterocycles. The number of benzene rings is 2. The van der Waals surface area contributed by atoms with Crippen LogP contribution < -0.4 is 10.5 Å². The van der Waals surface area contributed by atoms with Gasteiger partial charge in [0.15, 0.2) is 11.6 Å². The van der Waals surface area contributed by atoms with Gasteiger partial charge in [-0.3, -0.25) is 14.4 Å². The van der Waals surface area contributed by atoms with E-state index in [4.69, 9.17) is 10.5 Å². The zero-order valence-corrected chi connectivity index (χ0v) is 15.2. The molecule has 28 heavy (non-hydrogen) atoms. The zero-order valence-electron chi connectivity index (χ0n) is 15.2. The van der Waals surface area contributed by atoms with Gasteiger partial charge in [0, 0.05) is 24.0 Å². The largest absolute Gasteiger partial charge is 0.486 e. The molecule has 0 aliphatic heterocycles. The summed E-state index contributed by atoms with van der Waals surface area (Å²) in [7, 11) is 0. The summed E-state index contributed by atoms with van der Waals surface area (Å²) in [6.45, 7) is -0.0669. The number of aliphatic imine (C=N–C) groups is 1. The van der Waals surface area contributed by atoms with Gasteiger partial charge in [-0.15, -0.1) is 0 Å². The van der Waals surface area contributed by atoms with Gasteiger partial charge in [0.1, 0.15) is 12.4 Å².